The molecular formula is C22H24N2O5. The monoisotopic (exact) mass is 396 g/mol. The molecule has 0 saturated carbocycles. The molecule has 7 nitrogen and oxygen atoms in total. The van der Waals surface area contributed by atoms with Gasteiger partial charge in [0.2, 0.25) is 0 Å². The Kier molecular flexibility index (Phi) is 5.68. The maximum Gasteiger partial charge on any atom is 0.273 e. The minimum absolute atomic E-state index is 0.129. The third-order valence-electron chi connectivity index (χ3n) is 5.01. The lowest BCUT2D eigenvalue weighted by atomic mass is 9.99. The number of amides is 1. The number of fused-ring (bicyclic) bond motifs is 1. The minimum atomic E-state index is -0.805. The normalized spacial score (nSPS) is 16.0. The highest BCUT2D eigenvalue weighted by molar-refractivity contribution is 6.08. The van der Waals surface area contributed by atoms with Crippen LogP contribution < -0.4 is 9.64 Å². The van der Waals surface area contributed by atoms with Crippen LogP contribution in [0.25, 0.3) is 0 Å². The molecule has 152 valence electrons. The Morgan fingerprint density at radius 2 is 1.79 bits per heavy atom. The number of carbonyl (C=O) groups excluding carboxylic acids is 2. The van der Waals surface area contributed by atoms with E-state index < -0.39 is 11.0 Å². The molecule has 0 aliphatic carbocycles. The van der Waals surface area contributed by atoms with Gasteiger partial charge in [0.25, 0.3) is 11.6 Å². The first-order valence-electron chi connectivity index (χ1n) is 9.58. The van der Waals surface area contributed by atoms with E-state index in [1.165, 1.54) is 23.1 Å². The third kappa shape index (κ3) is 4.13. The Bertz CT molecular complexity index is 950. The molecule has 0 saturated heterocycles. The summed E-state index contributed by atoms with van der Waals surface area (Å²) in [6.45, 7) is 7.65. The van der Waals surface area contributed by atoms with Crippen LogP contribution in [0.15, 0.2) is 42.5 Å². The Hall–Kier alpha value is -3.22. The first-order chi connectivity index (χ1) is 13.7. The van der Waals surface area contributed by atoms with E-state index in [9.17, 15) is 19.7 Å². The van der Waals surface area contributed by atoms with Crippen LogP contribution in [-0.2, 0) is 4.79 Å². The van der Waals surface area contributed by atoms with Crippen molar-refractivity contribution in [2.75, 3.05) is 11.4 Å². The van der Waals surface area contributed by atoms with Crippen molar-refractivity contribution in [3.8, 4) is 5.75 Å². The molecular weight excluding hydrogens is 372 g/mol. The number of nitro groups is 1. The van der Waals surface area contributed by atoms with Gasteiger partial charge in [-0.05, 0) is 23.5 Å². The van der Waals surface area contributed by atoms with E-state index >= 15 is 0 Å². The SMILES string of the molecule is CC(C)c1ccc(C(=O)CN2C(=O)C(C(C)C)Oc3cc([N+](=O)[O-])ccc32)cc1. The number of hydrogen-bond acceptors (Lipinski definition) is 5. The fourth-order valence-corrected chi connectivity index (χ4v) is 3.27. The second-order valence-electron chi connectivity index (χ2n) is 7.82. The number of ketones is 1. The Morgan fingerprint density at radius 1 is 1.14 bits per heavy atom. The summed E-state index contributed by atoms with van der Waals surface area (Å²) in [4.78, 5) is 37.8. The molecule has 2 aromatic carbocycles. The Balaban J connectivity index is 1.93. The molecule has 0 radical (unpaired) electrons. The van der Waals surface area contributed by atoms with Gasteiger partial charge in [0.1, 0.15) is 0 Å². The smallest absolute Gasteiger partial charge is 0.273 e. The average Bonchev–Trinajstić information content (AvgIpc) is 2.69. The van der Waals surface area contributed by atoms with Crippen LogP contribution in [0.1, 0.15) is 49.5 Å². The van der Waals surface area contributed by atoms with Gasteiger partial charge in [0.15, 0.2) is 17.6 Å². The van der Waals surface area contributed by atoms with E-state index in [1.54, 1.807) is 12.1 Å². The van der Waals surface area contributed by atoms with Crippen LogP contribution in [-0.4, -0.2) is 29.3 Å². The highest BCUT2D eigenvalue weighted by atomic mass is 16.6. The van der Waals surface area contributed by atoms with E-state index in [2.05, 4.69) is 13.8 Å². The van der Waals surface area contributed by atoms with Crippen molar-refractivity contribution in [1.29, 1.82) is 0 Å². The molecule has 7 heteroatoms. The van der Waals surface area contributed by atoms with Gasteiger partial charge < -0.3 is 4.74 Å². The zero-order valence-electron chi connectivity index (χ0n) is 16.9. The lowest BCUT2D eigenvalue weighted by Crippen LogP contribution is -2.50. The van der Waals surface area contributed by atoms with Gasteiger partial charge in [-0.2, -0.15) is 0 Å². The molecule has 2 aromatic rings. The zero-order chi connectivity index (χ0) is 21.3. The summed E-state index contributed by atoms with van der Waals surface area (Å²) in [5.74, 6) is -0.0939. The van der Waals surface area contributed by atoms with Crippen molar-refractivity contribution in [2.24, 2.45) is 5.92 Å². The van der Waals surface area contributed by atoms with Crippen LogP contribution >= 0.6 is 0 Å². The van der Waals surface area contributed by atoms with E-state index in [0.29, 0.717) is 17.2 Å². The lowest BCUT2D eigenvalue weighted by Gasteiger charge is -2.35. The number of anilines is 1. The van der Waals surface area contributed by atoms with E-state index in [0.717, 1.165) is 5.56 Å². The van der Waals surface area contributed by atoms with Gasteiger partial charge in [0.05, 0.1) is 23.2 Å². The second-order valence-corrected chi connectivity index (χ2v) is 7.82. The van der Waals surface area contributed by atoms with Crippen molar-refractivity contribution in [3.63, 3.8) is 0 Å². The molecule has 1 aliphatic heterocycles. The van der Waals surface area contributed by atoms with Gasteiger partial charge in [-0.1, -0.05) is 52.0 Å². The number of nitro benzene ring substituents is 1. The zero-order valence-corrected chi connectivity index (χ0v) is 16.9. The molecule has 1 atom stereocenters. The van der Waals surface area contributed by atoms with Crippen molar-refractivity contribution < 1.29 is 19.2 Å². The van der Waals surface area contributed by atoms with Gasteiger partial charge in [-0.15, -0.1) is 0 Å². The Morgan fingerprint density at radius 3 is 2.34 bits per heavy atom. The number of non-ortho nitro benzene ring substituents is 1. The number of carbonyl (C=O) groups is 2. The van der Waals surface area contributed by atoms with Gasteiger partial charge in [-0.25, -0.2) is 0 Å². The van der Waals surface area contributed by atoms with Crippen molar-refractivity contribution in [2.45, 2.75) is 39.7 Å². The summed E-state index contributed by atoms with van der Waals surface area (Å²) in [5.41, 5.74) is 1.88. The molecule has 1 amide bonds. The minimum Gasteiger partial charge on any atom is -0.478 e. The number of Topliss-reactive ketones (excluding diaryl/α,β-unsaturated/α-hetero) is 1. The fraction of sp³-hybridized carbons (Fsp3) is 0.364. The standard InChI is InChI=1S/C22H24N2O5/c1-13(2)15-5-7-16(8-6-15)19(25)12-23-18-10-9-17(24(27)28)11-20(18)29-21(14(3)4)22(23)26/h5-11,13-14,21H,12H2,1-4H3. The van der Waals surface area contributed by atoms with Crippen molar-refractivity contribution in [1.82, 2.24) is 0 Å². The number of hydrogen-bond donors (Lipinski definition) is 0. The number of nitrogens with zero attached hydrogens (tertiary/aromatic N) is 2. The van der Waals surface area contributed by atoms with Gasteiger partial charge in [0, 0.05) is 11.6 Å². The number of ether oxygens (including phenoxy) is 1. The predicted octanol–water partition coefficient (Wildman–Crippen LogP) is 4.35. The highest BCUT2D eigenvalue weighted by Gasteiger charge is 2.38. The van der Waals surface area contributed by atoms with E-state index in [-0.39, 0.29) is 35.6 Å². The van der Waals surface area contributed by atoms with Crippen LogP contribution in [0.2, 0.25) is 0 Å². The predicted molar refractivity (Wildman–Crippen MR) is 110 cm³/mol. The van der Waals surface area contributed by atoms with Gasteiger partial charge >= 0.3 is 0 Å². The molecule has 0 spiro atoms. The fourth-order valence-electron chi connectivity index (χ4n) is 3.27. The largest absolute Gasteiger partial charge is 0.478 e. The summed E-state index contributed by atoms with van der Waals surface area (Å²) in [5, 5.41) is 11.1. The first-order valence-corrected chi connectivity index (χ1v) is 9.58. The molecule has 1 heterocycles. The lowest BCUT2D eigenvalue weighted by molar-refractivity contribution is -0.384. The van der Waals surface area contributed by atoms with Crippen molar-refractivity contribution >= 4 is 23.1 Å². The van der Waals surface area contributed by atoms with Crippen LogP contribution in [0.4, 0.5) is 11.4 Å². The second kappa shape index (κ2) is 8.03. The van der Waals surface area contributed by atoms with Crippen LogP contribution in [0, 0.1) is 16.0 Å². The van der Waals surface area contributed by atoms with Crippen LogP contribution in [0.3, 0.4) is 0 Å². The third-order valence-corrected chi connectivity index (χ3v) is 5.01. The van der Waals surface area contributed by atoms with E-state index in [4.69, 9.17) is 4.74 Å². The summed E-state index contributed by atoms with van der Waals surface area (Å²) >= 11 is 0. The topological polar surface area (TPSA) is 89.8 Å². The summed E-state index contributed by atoms with van der Waals surface area (Å²) < 4.78 is 5.75. The Labute approximate surface area is 169 Å². The molecule has 1 unspecified atom stereocenters. The molecule has 1 aliphatic rings. The van der Waals surface area contributed by atoms with Crippen LogP contribution in [0.5, 0.6) is 5.75 Å². The quantitative estimate of drug-likeness (QED) is 0.411. The number of benzene rings is 2. The first kappa shape index (κ1) is 20.5. The highest BCUT2D eigenvalue weighted by Crippen LogP contribution is 2.38. The summed E-state index contributed by atoms with van der Waals surface area (Å²) in [6.07, 6.45) is -0.805. The maximum atomic E-state index is 13.0. The summed E-state index contributed by atoms with van der Waals surface area (Å²) in [6, 6.07) is 11.4. The maximum absolute atomic E-state index is 13.0. The molecule has 29 heavy (non-hydrogen) atoms. The van der Waals surface area contributed by atoms with Gasteiger partial charge in [-0.3, -0.25) is 24.6 Å². The molecule has 0 N–H and O–H groups in total. The summed E-state index contributed by atoms with van der Waals surface area (Å²) in [7, 11) is 0. The molecule has 3 rings (SSSR count). The molecule has 0 fully saturated rings. The molecule has 0 aromatic heterocycles. The van der Waals surface area contributed by atoms with E-state index in [1.807, 2.05) is 26.0 Å². The number of rotatable bonds is 6. The van der Waals surface area contributed by atoms with Crippen molar-refractivity contribution in [3.05, 3.63) is 63.7 Å². The average molecular weight is 396 g/mol. The molecule has 0 bridgehead atoms.